The Morgan fingerprint density at radius 2 is 1.81 bits per heavy atom. The fraction of sp³-hybridized carbons (Fsp3) is 0. The van der Waals surface area contributed by atoms with Crippen molar-refractivity contribution in [3.63, 3.8) is 0 Å². The summed E-state index contributed by atoms with van der Waals surface area (Å²) in [5, 5.41) is 6.86. The average Bonchev–Trinajstić information content (AvgIpc) is 3.52. The third-order valence-corrected chi connectivity index (χ3v) is 5.71. The van der Waals surface area contributed by atoms with E-state index in [4.69, 9.17) is 0 Å². The molecule has 150 valence electrons. The summed E-state index contributed by atoms with van der Waals surface area (Å²) in [7, 11) is 0. The smallest absolute Gasteiger partial charge is 0.177 e. The minimum Gasteiger partial charge on any atom is -0.336 e. The first kappa shape index (κ1) is 17.7. The number of nitrogens with zero attached hydrogens (tertiary/aromatic N) is 6. The largest absolute Gasteiger partial charge is 0.336 e. The number of imidazole rings is 1. The molecule has 0 spiro atoms. The van der Waals surface area contributed by atoms with Gasteiger partial charge >= 0.3 is 0 Å². The zero-order valence-corrected chi connectivity index (χ0v) is 16.3. The predicted octanol–water partition coefficient (Wildman–Crippen LogP) is 4.36. The first-order chi connectivity index (χ1) is 15.2. The molecule has 6 rings (SSSR count). The number of thiophene rings is 1. The molecule has 0 atom stereocenters. The van der Waals surface area contributed by atoms with Gasteiger partial charge in [0.1, 0.15) is 29.0 Å². The van der Waals surface area contributed by atoms with Crippen molar-refractivity contribution in [2.45, 2.75) is 0 Å². The highest BCUT2D eigenvalue weighted by atomic mass is 32.1. The molecule has 0 fully saturated rings. The molecule has 11 heteroatoms. The topological polar surface area (TPSA) is 109 Å². The maximum atomic E-state index is 15.5. The van der Waals surface area contributed by atoms with E-state index in [1.165, 1.54) is 31.0 Å². The van der Waals surface area contributed by atoms with Crippen molar-refractivity contribution in [2.24, 2.45) is 0 Å². The lowest BCUT2D eigenvalue weighted by Crippen LogP contribution is -1.91. The lowest BCUT2D eigenvalue weighted by molar-refractivity contribution is 0.642. The monoisotopic (exact) mass is 432 g/mol. The zero-order chi connectivity index (χ0) is 20.9. The summed E-state index contributed by atoms with van der Waals surface area (Å²) < 4.78 is 29.0. The minimum absolute atomic E-state index is 0.192. The number of hydrogen-bond acceptors (Lipinski definition) is 7. The highest BCUT2D eigenvalue weighted by Crippen LogP contribution is 2.35. The first-order valence-corrected chi connectivity index (χ1v) is 9.89. The second-order valence-corrected chi connectivity index (χ2v) is 7.69. The highest BCUT2D eigenvalue weighted by molar-refractivity contribution is 7.13. The van der Waals surface area contributed by atoms with Gasteiger partial charge in [-0.05, 0) is 18.2 Å². The van der Waals surface area contributed by atoms with Crippen LogP contribution in [-0.2, 0) is 0 Å². The number of halogens is 2. The van der Waals surface area contributed by atoms with Gasteiger partial charge < -0.3 is 4.98 Å². The molecule has 8 nitrogen and oxygen atoms in total. The maximum absolute atomic E-state index is 15.5. The van der Waals surface area contributed by atoms with Crippen LogP contribution < -0.4 is 0 Å². The number of aromatic amines is 2. The highest BCUT2D eigenvalue weighted by Gasteiger charge is 2.21. The van der Waals surface area contributed by atoms with Crippen LogP contribution in [0, 0.1) is 10.9 Å². The van der Waals surface area contributed by atoms with Crippen LogP contribution in [0.4, 0.5) is 8.78 Å². The minimum atomic E-state index is -0.511. The molecule has 0 saturated heterocycles. The number of nitrogens with one attached hydrogen (secondary N) is 2. The van der Waals surface area contributed by atoms with E-state index < -0.39 is 5.82 Å². The molecule has 6 aromatic rings. The Kier molecular flexibility index (Phi) is 3.83. The third kappa shape index (κ3) is 2.78. The van der Waals surface area contributed by atoms with Crippen LogP contribution in [0.25, 0.3) is 55.3 Å². The first-order valence-electron chi connectivity index (χ1n) is 9.08. The van der Waals surface area contributed by atoms with E-state index in [1.807, 2.05) is 0 Å². The van der Waals surface area contributed by atoms with Gasteiger partial charge in [-0.25, -0.2) is 24.3 Å². The van der Waals surface area contributed by atoms with E-state index in [-0.39, 0.29) is 27.4 Å². The second kappa shape index (κ2) is 6.71. The average molecular weight is 432 g/mol. The number of pyridine rings is 2. The fourth-order valence-electron chi connectivity index (χ4n) is 3.43. The summed E-state index contributed by atoms with van der Waals surface area (Å²) >= 11 is 0.980. The molecular formula is C20H10F2N8S. The van der Waals surface area contributed by atoms with E-state index in [1.54, 1.807) is 18.3 Å². The van der Waals surface area contributed by atoms with Gasteiger partial charge in [0, 0.05) is 35.9 Å². The zero-order valence-electron chi connectivity index (χ0n) is 15.5. The second-order valence-electron chi connectivity index (χ2n) is 6.65. The molecule has 2 N–H and O–H groups in total. The van der Waals surface area contributed by atoms with Crippen LogP contribution in [-0.4, -0.2) is 40.1 Å². The standard InChI is InChI=1S/C20H10F2N8S/c21-13-2-1-12(31-13)17-16-11(3-4-25-17)27-20(28-16)18-14-15(22)10(7-26-19(14)30-29-18)9-5-23-8-24-6-9/h1-8H,(H,27,28)(H,26,29,30). The Bertz CT molecular complexity index is 1570. The molecule has 6 aromatic heterocycles. The van der Waals surface area contributed by atoms with Crippen molar-refractivity contribution < 1.29 is 8.78 Å². The van der Waals surface area contributed by atoms with Gasteiger partial charge in [-0.1, -0.05) is 0 Å². The third-order valence-electron chi connectivity index (χ3n) is 4.83. The summed E-state index contributed by atoms with van der Waals surface area (Å²) in [4.78, 5) is 24.9. The Balaban J connectivity index is 1.56. The summed E-state index contributed by atoms with van der Waals surface area (Å²) in [6, 6.07) is 4.78. The van der Waals surface area contributed by atoms with Crippen molar-refractivity contribution >= 4 is 33.4 Å². The summed E-state index contributed by atoms with van der Waals surface area (Å²) in [5.41, 5.74) is 3.06. The maximum Gasteiger partial charge on any atom is 0.177 e. The van der Waals surface area contributed by atoms with Crippen LogP contribution in [0.1, 0.15) is 0 Å². The number of fused-ring (bicyclic) bond motifs is 2. The molecular weight excluding hydrogens is 422 g/mol. The Morgan fingerprint density at radius 3 is 2.61 bits per heavy atom. The van der Waals surface area contributed by atoms with Gasteiger partial charge in [0.05, 0.1) is 15.8 Å². The van der Waals surface area contributed by atoms with E-state index >= 15 is 4.39 Å². The van der Waals surface area contributed by atoms with E-state index in [2.05, 4.69) is 40.1 Å². The van der Waals surface area contributed by atoms with Crippen molar-refractivity contribution in [1.82, 2.24) is 40.1 Å². The lowest BCUT2D eigenvalue weighted by atomic mass is 10.1. The normalized spacial score (nSPS) is 11.5. The summed E-state index contributed by atoms with van der Waals surface area (Å²) in [5.74, 6) is -0.169. The molecule has 0 aliphatic rings. The molecule has 0 aromatic carbocycles. The predicted molar refractivity (Wildman–Crippen MR) is 111 cm³/mol. The molecule has 0 radical (unpaired) electrons. The molecule has 0 aliphatic carbocycles. The Labute approximate surface area is 176 Å². The molecule has 6 heterocycles. The molecule has 0 amide bonds. The van der Waals surface area contributed by atoms with Gasteiger partial charge in [-0.3, -0.25) is 10.1 Å². The van der Waals surface area contributed by atoms with Crippen LogP contribution in [0.5, 0.6) is 0 Å². The molecule has 31 heavy (non-hydrogen) atoms. The van der Waals surface area contributed by atoms with E-state index in [0.29, 0.717) is 33.0 Å². The number of hydrogen-bond donors (Lipinski definition) is 2. The fourth-order valence-corrected chi connectivity index (χ4v) is 4.16. The number of aromatic nitrogens is 8. The van der Waals surface area contributed by atoms with Crippen molar-refractivity contribution in [1.29, 1.82) is 0 Å². The summed E-state index contributed by atoms with van der Waals surface area (Å²) in [6.45, 7) is 0. The van der Waals surface area contributed by atoms with Crippen molar-refractivity contribution in [2.75, 3.05) is 0 Å². The Morgan fingerprint density at radius 1 is 0.935 bits per heavy atom. The van der Waals surface area contributed by atoms with Crippen LogP contribution in [0.15, 0.2) is 49.3 Å². The van der Waals surface area contributed by atoms with Crippen molar-refractivity contribution in [3.05, 3.63) is 60.3 Å². The van der Waals surface area contributed by atoms with Crippen LogP contribution >= 0.6 is 11.3 Å². The quantitative estimate of drug-likeness (QED) is 0.430. The SMILES string of the molecule is Fc1ccc(-c2nccc3[nH]c(-c4n[nH]c5ncc(-c6cncnc6)c(F)c45)nc23)s1. The van der Waals surface area contributed by atoms with Gasteiger partial charge in [-0.2, -0.15) is 9.49 Å². The molecule has 0 unspecified atom stereocenters. The van der Waals surface area contributed by atoms with Gasteiger partial charge in [0.25, 0.3) is 0 Å². The number of rotatable bonds is 3. The van der Waals surface area contributed by atoms with Gasteiger partial charge in [0.2, 0.25) is 0 Å². The molecule has 0 aliphatic heterocycles. The van der Waals surface area contributed by atoms with Gasteiger partial charge in [-0.15, -0.1) is 11.3 Å². The van der Waals surface area contributed by atoms with Crippen molar-refractivity contribution in [3.8, 4) is 33.2 Å². The van der Waals surface area contributed by atoms with Crippen LogP contribution in [0.2, 0.25) is 0 Å². The van der Waals surface area contributed by atoms with E-state index in [0.717, 1.165) is 11.3 Å². The Hall–Kier alpha value is -4.12. The van der Waals surface area contributed by atoms with E-state index in [9.17, 15) is 4.39 Å². The van der Waals surface area contributed by atoms with Gasteiger partial charge in [0.15, 0.2) is 16.6 Å². The van der Waals surface area contributed by atoms with Crippen LogP contribution in [0.3, 0.4) is 0 Å². The molecule has 0 bridgehead atoms. The molecule has 0 saturated carbocycles. The summed E-state index contributed by atoms with van der Waals surface area (Å²) in [6.07, 6.45) is 7.41. The lowest BCUT2D eigenvalue weighted by Gasteiger charge is -2.03. The number of H-pyrrole nitrogens is 2.